The number of anilines is 1. The molecule has 0 radical (unpaired) electrons. The Bertz CT molecular complexity index is 836. The number of ether oxygens (including phenoxy) is 1. The largest absolute Gasteiger partial charge is 0.445 e. The zero-order valence-electron chi connectivity index (χ0n) is 13.2. The van der Waals surface area contributed by atoms with E-state index in [0.717, 1.165) is 5.56 Å². The monoisotopic (exact) mass is 333 g/mol. The van der Waals surface area contributed by atoms with Gasteiger partial charge in [-0.3, -0.25) is 5.32 Å². The molecule has 7 nitrogen and oxygen atoms in total. The summed E-state index contributed by atoms with van der Waals surface area (Å²) < 4.78 is 5.03. The maximum Gasteiger partial charge on any atom is 0.411 e. The topological polar surface area (TPSA) is 89.9 Å². The van der Waals surface area contributed by atoms with Crippen LogP contribution in [0.3, 0.4) is 0 Å². The molecule has 1 N–H and O–H groups in total. The lowest BCUT2D eigenvalue weighted by Crippen LogP contribution is -2.13. The smallest absolute Gasteiger partial charge is 0.411 e. The van der Waals surface area contributed by atoms with E-state index >= 15 is 0 Å². The number of hydrogen-bond donors (Lipinski definition) is 1. The molecule has 3 aromatic rings. The molecule has 0 saturated heterocycles. The minimum absolute atomic E-state index is 0.0858. The Labute approximate surface area is 144 Å². The van der Waals surface area contributed by atoms with E-state index in [1.165, 1.54) is 0 Å². The van der Waals surface area contributed by atoms with E-state index in [4.69, 9.17) is 4.74 Å². The molecule has 1 amide bonds. The third-order valence-electron chi connectivity index (χ3n) is 3.12. The molecule has 0 saturated carbocycles. The normalized spacial score (nSPS) is 10.6. The van der Waals surface area contributed by atoms with Crippen LogP contribution in [0.4, 0.5) is 10.5 Å². The minimum Gasteiger partial charge on any atom is -0.445 e. The molecule has 0 aliphatic heterocycles. The maximum atomic E-state index is 11.6. The second-order valence-electron chi connectivity index (χ2n) is 4.94. The van der Waals surface area contributed by atoms with Crippen LogP contribution in [0, 0.1) is 0 Å². The van der Waals surface area contributed by atoms with Crippen molar-refractivity contribution in [2.45, 2.75) is 0 Å². The molecule has 124 valence electrons. The van der Waals surface area contributed by atoms with E-state index < -0.39 is 6.09 Å². The van der Waals surface area contributed by atoms with Gasteiger partial charge in [-0.15, -0.1) is 20.4 Å². The van der Waals surface area contributed by atoms with Gasteiger partial charge in [0.25, 0.3) is 0 Å². The van der Waals surface area contributed by atoms with Crippen LogP contribution in [0.1, 0.15) is 5.82 Å². The maximum absolute atomic E-state index is 11.6. The number of para-hydroxylation sites is 1. The molecular formula is C18H15N5O2. The van der Waals surface area contributed by atoms with Gasteiger partial charge >= 0.3 is 6.09 Å². The van der Waals surface area contributed by atoms with Gasteiger partial charge in [-0.1, -0.05) is 48.5 Å². The highest BCUT2D eigenvalue weighted by atomic mass is 16.5. The van der Waals surface area contributed by atoms with Gasteiger partial charge in [0, 0.05) is 11.3 Å². The first-order chi connectivity index (χ1) is 12.3. The summed E-state index contributed by atoms with van der Waals surface area (Å²) >= 11 is 0. The minimum atomic E-state index is -0.535. The van der Waals surface area contributed by atoms with Gasteiger partial charge in [0.1, 0.15) is 6.61 Å². The van der Waals surface area contributed by atoms with Crippen LogP contribution in [0.15, 0.2) is 66.7 Å². The number of hydrogen-bond acceptors (Lipinski definition) is 6. The second kappa shape index (κ2) is 8.30. The predicted molar refractivity (Wildman–Crippen MR) is 93.5 cm³/mol. The van der Waals surface area contributed by atoms with Crippen LogP contribution in [0.2, 0.25) is 0 Å². The van der Waals surface area contributed by atoms with Crippen molar-refractivity contribution in [2.24, 2.45) is 0 Å². The first kappa shape index (κ1) is 16.3. The number of carbonyl (C=O) groups excluding carboxylic acids is 1. The zero-order chi connectivity index (χ0) is 17.3. The Morgan fingerprint density at radius 1 is 0.920 bits per heavy atom. The highest BCUT2D eigenvalue weighted by molar-refractivity contribution is 5.84. The molecule has 0 aliphatic rings. The summed E-state index contributed by atoms with van der Waals surface area (Å²) in [4.78, 5) is 11.6. The lowest BCUT2D eigenvalue weighted by atomic mass is 10.2. The number of nitrogens with one attached hydrogen (secondary N) is 1. The standard InChI is InChI=1S/C18H15N5O2/c24-18(19-15-10-5-2-6-11-15)25-13-7-12-16-20-22-17(23-21-16)14-8-3-1-4-9-14/h1-12H,13H2,(H,19,24)/b12-7+. The number of aromatic nitrogens is 4. The van der Waals surface area contributed by atoms with Gasteiger partial charge in [0.05, 0.1) is 0 Å². The Morgan fingerprint density at radius 2 is 1.56 bits per heavy atom. The van der Waals surface area contributed by atoms with Gasteiger partial charge in [0.15, 0.2) is 5.82 Å². The first-order valence-electron chi connectivity index (χ1n) is 7.59. The summed E-state index contributed by atoms with van der Waals surface area (Å²) in [6.07, 6.45) is 2.67. The van der Waals surface area contributed by atoms with Crippen molar-refractivity contribution in [1.29, 1.82) is 0 Å². The second-order valence-corrected chi connectivity index (χ2v) is 4.94. The van der Waals surface area contributed by atoms with Crippen molar-refractivity contribution in [3.8, 4) is 11.4 Å². The Kier molecular flexibility index (Phi) is 5.40. The summed E-state index contributed by atoms with van der Waals surface area (Å²) in [6.45, 7) is 0.0858. The molecular weight excluding hydrogens is 318 g/mol. The van der Waals surface area contributed by atoms with E-state index in [-0.39, 0.29) is 6.61 Å². The molecule has 0 unspecified atom stereocenters. The fourth-order valence-corrected chi connectivity index (χ4v) is 1.96. The third kappa shape index (κ3) is 4.93. The summed E-state index contributed by atoms with van der Waals surface area (Å²) in [5.41, 5.74) is 1.52. The SMILES string of the molecule is O=C(Nc1ccccc1)OC/C=C/c1nnc(-c2ccccc2)nn1. The van der Waals surface area contributed by atoms with Crippen LogP contribution >= 0.6 is 0 Å². The predicted octanol–water partition coefficient (Wildman–Crippen LogP) is 3.20. The highest BCUT2D eigenvalue weighted by Gasteiger charge is 2.03. The fraction of sp³-hybridized carbons (Fsp3) is 0.0556. The molecule has 25 heavy (non-hydrogen) atoms. The van der Waals surface area contributed by atoms with Gasteiger partial charge in [-0.05, 0) is 24.3 Å². The molecule has 3 rings (SSSR count). The van der Waals surface area contributed by atoms with Crippen LogP contribution < -0.4 is 5.32 Å². The van der Waals surface area contributed by atoms with Crippen molar-refractivity contribution in [3.63, 3.8) is 0 Å². The lowest BCUT2D eigenvalue weighted by Gasteiger charge is -2.04. The van der Waals surface area contributed by atoms with Crippen LogP contribution in [0.5, 0.6) is 0 Å². The zero-order valence-corrected chi connectivity index (χ0v) is 13.2. The van der Waals surface area contributed by atoms with E-state index in [1.807, 2.05) is 48.5 Å². The molecule has 0 spiro atoms. The van der Waals surface area contributed by atoms with Crippen molar-refractivity contribution < 1.29 is 9.53 Å². The highest BCUT2D eigenvalue weighted by Crippen LogP contribution is 2.11. The molecule has 7 heteroatoms. The summed E-state index contributed by atoms with van der Waals surface area (Å²) in [5.74, 6) is 0.794. The number of nitrogens with zero attached hydrogens (tertiary/aromatic N) is 4. The van der Waals surface area contributed by atoms with Crippen molar-refractivity contribution >= 4 is 17.9 Å². The van der Waals surface area contributed by atoms with Gasteiger partial charge in [-0.25, -0.2) is 4.79 Å². The Balaban J connectivity index is 1.48. The molecule has 1 aromatic heterocycles. The van der Waals surface area contributed by atoms with Crippen molar-refractivity contribution in [1.82, 2.24) is 20.4 Å². The average molecular weight is 333 g/mol. The van der Waals surface area contributed by atoms with E-state index in [0.29, 0.717) is 17.3 Å². The number of carbonyl (C=O) groups is 1. The van der Waals surface area contributed by atoms with Crippen LogP contribution in [0.25, 0.3) is 17.5 Å². The van der Waals surface area contributed by atoms with Crippen LogP contribution in [-0.2, 0) is 4.74 Å². The third-order valence-corrected chi connectivity index (χ3v) is 3.12. The Morgan fingerprint density at radius 3 is 2.24 bits per heavy atom. The molecule has 0 fully saturated rings. The van der Waals surface area contributed by atoms with E-state index in [1.54, 1.807) is 24.3 Å². The van der Waals surface area contributed by atoms with E-state index in [2.05, 4.69) is 25.7 Å². The summed E-state index contributed by atoms with van der Waals surface area (Å²) in [7, 11) is 0. The number of rotatable bonds is 5. The number of benzene rings is 2. The molecule has 0 bridgehead atoms. The summed E-state index contributed by atoms with van der Waals surface area (Å²) in [5, 5.41) is 18.6. The lowest BCUT2D eigenvalue weighted by molar-refractivity contribution is 0.174. The Hall–Kier alpha value is -3.61. The van der Waals surface area contributed by atoms with Crippen molar-refractivity contribution in [2.75, 3.05) is 11.9 Å². The molecule has 0 aliphatic carbocycles. The molecule has 1 heterocycles. The fourth-order valence-electron chi connectivity index (χ4n) is 1.96. The van der Waals surface area contributed by atoms with Gasteiger partial charge in [0.2, 0.25) is 5.82 Å². The van der Waals surface area contributed by atoms with Crippen LogP contribution in [-0.4, -0.2) is 33.1 Å². The van der Waals surface area contributed by atoms with E-state index in [9.17, 15) is 4.79 Å². The van der Waals surface area contributed by atoms with Gasteiger partial charge in [-0.2, -0.15) is 0 Å². The van der Waals surface area contributed by atoms with Crippen molar-refractivity contribution in [3.05, 3.63) is 72.6 Å². The molecule has 0 atom stereocenters. The average Bonchev–Trinajstić information content (AvgIpc) is 2.67. The number of amides is 1. The quantitative estimate of drug-likeness (QED) is 0.771. The van der Waals surface area contributed by atoms with Gasteiger partial charge < -0.3 is 4.74 Å². The first-order valence-corrected chi connectivity index (χ1v) is 7.59. The summed E-state index contributed by atoms with van der Waals surface area (Å²) in [6, 6.07) is 18.5. The molecule has 2 aromatic carbocycles.